The van der Waals surface area contributed by atoms with Crippen LogP contribution in [0.2, 0.25) is 0 Å². The summed E-state index contributed by atoms with van der Waals surface area (Å²) in [5.41, 5.74) is 5.62. The van der Waals surface area contributed by atoms with Crippen LogP contribution in [-0.2, 0) is 18.3 Å². The van der Waals surface area contributed by atoms with Crippen molar-refractivity contribution in [1.82, 2.24) is 0 Å². The fourth-order valence-electron chi connectivity index (χ4n) is 1.83. The minimum absolute atomic E-state index is 1.10. The van der Waals surface area contributed by atoms with Crippen molar-refractivity contribution < 1.29 is 18.3 Å². The molecule has 0 saturated heterocycles. The van der Waals surface area contributed by atoms with E-state index in [0.29, 0.717) is 0 Å². The zero-order valence-electron chi connectivity index (χ0n) is 10.00. The molecule has 1 aliphatic carbocycles. The molecule has 0 aromatic heterocycles. The van der Waals surface area contributed by atoms with Crippen LogP contribution in [0.25, 0.3) is 0 Å². The molecule has 1 heteroatoms. The first kappa shape index (κ1) is 12.7. The molecule has 0 nitrogen and oxygen atoms in total. The van der Waals surface area contributed by atoms with Gasteiger partial charge in [0.15, 0.2) is 0 Å². The number of rotatable bonds is 3. The molecule has 0 spiro atoms. The van der Waals surface area contributed by atoms with Crippen molar-refractivity contribution >= 4 is 0 Å². The van der Waals surface area contributed by atoms with Gasteiger partial charge in [0.2, 0.25) is 0 Å². The van der Waals surface area contributed by atoms with E-state index in [2.05, 4.69) is 64.2 Å². The monoisotopic (exact) mass is 289 g/mol. The third kappa shape index (κ3) is 3.57. The third-order valence-electron chi connectivity index (χ3n) is 2.42. The summed E-state index contributed by atoms with van der Waals surface area (Å²) in [5.74, 6) is 0. The second-order valence-corrected chi connectivity index (χ2v) is 5.25. The van der Waals surface area contributed by atoms with Crippen LogP contribution in [-0.4, -0.2) is 0 Å². The third-order valence-corrected chi connectivity index (χ3v) is 3.25. The van der Waals surface area contributed by atoms with Crippen molar-refractivity contribution in [1.29, 1.82) is 0 Å². The molecular formula is C14H19Ru. The maximum atomic E-state index is 2.76. The van der Waals surface area contributed by atoms with Crippen molar-refractivity contribution in [2.75, 3.05) is 0 Å². The SMILES string of the molecule is CCC1=CC[C]([Ru])=C1/C=C(/C)C=C(C)C. The topological polar surface area (TPSA) is 0 Å². The summed E-state index contributed by atoms with van der Waals surface area (Å²) in [6.07, 6.45) is 9.12. The molecule has 0 bridgehead atoms. The van der Waals surface area contributed by atoms with Gasteiger partial charge in [0.1, 0.15) is 0 Å². The van der Waals surface area contributed by atoms with E-state index >= 15 is 0 Å². The Bertz CT molecular complexity index is 361. The van der Waals surface area contributed by atoms with Crippen molar-refractivity contribution in [2.24, 2.45) is 0 Å². The van der Waals surface area contributed by atoms with Crippen LogP contribution in [0, 0.1) is 0 Å². The van der Waals surface area contributed by atoms with Gasteiger partial charge in [0, 0.05) is 0 Å². The van der Waals surface area contributed by atoms with E-state index in [1.54, 1.807) is 0 Å². The summed E-state index contributed by atoms with van der Waals surface area (Å²) in [6.45, 7) is 8.67. The molecule has 0 atom stereocenters. The second kappa shape index (κ2) is 5.61. The maximum absolute atomic E-state index is 2.76. The van der Waals surface area contributed by atoms with Gasteiger partial charge in [-0.3, -0.25) is 0 Å². The predicted octanol–water partition coefficient (Wildman–Crippen LogP) is 4.44. The molecule has 15 heavy (non-hydrogen) atoms. The Morgan fingerprint density at radius 3 is 2.60 bits per heavy atom. The van der Waals surface area contributed by atoms with Gasteiger partial charge in [-0.1, -0.05) is 0 Å². The summed E-state index contributed by atoms with van der Waals surface area (Å²) in [5, 5.41) is 0. The first-order valence-electron chi connectivity index (χ1n) is 5.44. The molecule has 0 aliphatic heterocycles. The van der Waals surface area contributed by atoms with Gasteiger partial charge in [-0.2, -0.15) is 0 Å². The summed E-state index contributed by atoms with van der Waals surface area (Å²) in [6, 6.07) is 0. The first-order valence-corrected chi connectivity index (χ1v) is 6.31. The molecule has 1 aliphatic rings. The standard InChI is InChI=1S/C14H19.Ru/c1-5-13-7-6-8-14(13)10-12(4)9-11(2)3;/h7,9-10H,5-6H2,1-4H3;/b12-10-;. The molecule has 0 unspecified atom stereocenters. The fourth-order valence-corrected chi connectivity index (χ4v) is 2.41. The molecule has 0 radical (unpaired) electrons. The van der Waals surface area contributed by atoms with Gasteiger partial charge in [-0.05, 0) is 0 Å². The molecule has 0 aromatic rings. The van der Waals surface area contributed by atoms with Crippen LogP contribution in [0.3, 0.4) is 0 Å². The van der Waals surface area contributed by atoms with Gasteiger partial charge in [-0.25, -0.2) is 0 Å². The minimum atomic E-state index is 1.10. The summed E-state index contributed by atoms with van der Waals surface area (Å²) >= 11 is 2.76. The van der Waals surface area contributed by atoms with E-state index in [-0.39, 0.29) is 0 Å². The molecule has 0 heterocycles. The number of allylic oxidation sites excluding steroid dienone is 8. The van der Waals surface area contributed by atoms with Crippen LogP contribution in [0.1, 0.15) is 40.5 Å². The molecular weight excluding hydrogens is 269 g/mol. The summed E-state index contributed by atoms with van der Waals surface area (Å²) in [7, 11) is 0. The van der Waals surface area contributed by atoms with Crippen LogP contribution in [0.15, 0.2) is 44.7 Å². The van der Waals surface area contributed by atoms with Crippen molar-refractivity contribution in [3.8, 4) is 0 Å². The van der Waals surface area contributed by atoms with Gasteiger partial charge < -0.3 is 0 Å². The van der Waals surface area contributed by atoms with E-state index in [1.165, 1.54) is 26.5 Å². The van der Waals surface area contributed by atoms with E-state index in [9.17, 15) is 0 Å². The van der Waals surface area contributed by atoms with Crippen LogP contribution in [0.4, 0.5) is 0 Å². The zero-order valence-corrected chi connectivity index (χ0v) is 11.7. The normalized spacial score (nSPS) is 16.9. The molecule has 1 rings (SSSR count). The first-order chi connectivity index (χ1) is 7.04. The van der Waals surface area contributed by atoms with E-state index in [1.807, 2.05) is 0 Å². The Morgan fingerprint density at radius 2 is 2.07 bits per heavy atom. The Balaban J connectivity index is 2.94. The van der Waals surface area contributed by atoms with E-state index in [0.717, 1.165) is 12.8 Å². The average molecular weight is 288 g/mol. The van der Waals surface area contributed by atoms with Gasteiger partial charge in [0.05, 0.1) is 0 Å². The van der Waals surface area contributed by atoms with Crippen molar-refractivity contribution in [3.63, 3.8) is 0 Å². The van der Waals surface area contributed by atoms with Crippen LogP contribution < -0.4 is 0 Å². The second-order valence-electron chi connectivity index (χ2n) is 4.20. The molecule has 0 N–H and O–H groups in total. The number of hydrogen-bond donors (Lipinski definition) is 0. The molecule has 0 amide bonds. The Morgan fingerprint density at radius 1 is 1.40 bits per heavy atom. The fraction of sp³-hybridized carbons (Fsp3) is 0.429. The quantitative estimate of drug-likeness (QED) is 0.532. The van der Waals surface area contributed by atoms with E-state index in [4.69, 9.17) is 0 Å². The zero-order chi connectivity index (χ0) is 11.4. The Labute approximate surface area is 104 Å². The summed E-state index contributed by atoms with van der Waals surface area (Å²) < 4.78 is 1.44. The van der Waals surface area contributed by atoms with Crippen molar-refractivity contribution in [3.05, 3.63) is 44.7 Å². The van der Waals surface area contributed by atoms with Crippen LogP contribution in [0.5, 0.6) is 0 Å². The Hall–Kier alpha value is -0.417. The van der Waals surface area contributed by atoms with Crippen molar-refractivity contribution in [2.45, 2.75) is 40.5 Å². The van der Waals surface area contributed by atoms with Gasteiger partial charge >= 0.3 is 104 Å². The predicted molar refractivity (Wildman–Crippen MR) is 63.2 cm³/mol. The van der Waals surface area contributed by atoms with Gasteiger partial charge in [0.25, 0.3) is 0 Å². The Kier molecular flexibility index (Phi) is 4.73. The molecule has 83 valence electrons. The van der Waals surface area contributed by atoms with Gasteiger partial charge in [-0.15, -0.1) is 0 Å². The number of hydrogen-bond acceptors (Lipinski definition) is 0. The summed E-state index contributed by atoms with van der Waals surface area (Å²) in [4.78, 5) is 0. The van der Waals surface area contributed by atoms with E-state index < -0.39 is 0 Å². The van der Waals surface area contributed by atoms with Crippen LogP contribution >= 0.6 is 0 Å². The molecule has 0 aromatic carbocycles. The molecule has 0 saturated carbocycles. The average Bonchev–Trinajstić information content (AvgIpc) is 2.46. The molecule has 0 fully saturated rings.